The average Bonchev–Trinajstić information content (AvgIpc) is 2.18. The lowest BCUT2D eigenvalue weighted by molar-refractivity contribution is -0.116. The molecule has 1 aromatic rings. The summed E-state index contributed by atoms with van der Waals surface area (Å²) >= 11 is 0. The maximum absolute atomic E-state index is 11.6. The summed E-state index contributed by atoms with van der Waals surface area (Å²) in [4.78, 5) is 13.7. The molecule has 0 bridgehead atoms. The second kappa shape index (κ2) is 3.53. The van der Waals surface area contributed by atoms with E-state index in [9.17, 15) is 9.00 Å². The van der Waals surface area contributed by atoms with Gasteiger partial charge in [0.15, 0.2) is 0 Å². The van der Waals surface area contributed by atoms with Crippen molar-refractivity contribution in [1.29, 1.82) is 0 Å². The van der Waals surface area contributed by atoms with Crippen molar-refractivity contribution in [2.24, 2.45) is 0 Å². The van der Waals surface area contributed by atoms with Crippen LogP contribution in [0.15, 0.2) is 29.2 Å². The van der Waals surface area contributed by atoms with Crippen molar-refractivity contribution in [2.75, 3.05) is 17.2 Å². The van der Waals surface area contributed by atoms with E-state index in [4.69, 9.17) is 0 Å². The fourth-order valence-corrected chi connectivity index (χ4v) is 2.81. The summed E-state index contributed by atoms with van der Waals surface area (Å²) in [5.74, 6) is 0.547. The Hall–Kier alpha value is -1.16. The average molecular weight is 209 g/mol. The minimum atomic E-state index is -0.946. The Morgan fingerprint density at radius 1 is 1.43 bits per heavy atom. The lowest BCUT2D eigenvalue weighted by Crippen LogP contribution is -2.36. The second-order valence-electron chi connectivity index (χ2n) is 3.19. The van der Waals surface area contributed by atoms with Gasteiger partial charge in [0.2, 0.25) is 5.91 Å². The summed E-state index contributed by atoms with van der Waals surface area (Å²) in [6.45, 7) is 2.09. The van der Waals surface area contributed by atoms with Crippen molar-refractivity contribution in [3.63, 3.8) is 0 Å². The molecular formula is C10H11NO2S. The molecule has 14 heavy (non-hydrogen) atoms. The fourth-order valence-electron chi connectivity index (χ4n) is 1.60. The van der Waals surface area contributed by atoms with Gasteiger partial charge in [-0.3, -0.25) is 9.00 Å². The summed E-state index contributed by atoms with van der Waals surface area (Å²) in [6.07, 6.45) is 0. The van der Waals surface area contributed by atoms with Gasteiger partial charge >= 0.3 is 0 Å². The van der Waals surface area contributed by atoms with Gasteiger partial charge in [-0.05, 0) is 12.1 Å². The Bertz CT molecular complexity index is 403. The highest BCUT2D eigenvalue weighted by Gasteiger charge is 2.23. The SMILES string of the molecule is CC(=O)N1CCS(=O)c2ccccc21. The van der Waals surface area contributed by atoms with Crippen LogP contribution < -0.4 is 4.90 Å². The zero-order valence-corrected chi connectivity index (χ0v) is 8.71. The molecule has 0 fully saturated rings. The number of rotatable bonds is 0. The van der Waals surface area contributed by atoms with E-state index >= 15 is 0 Å². The minimum Gasteiger partial charge on any atom is -0.311 e. The summed E-state index contributed by atoms with van der Waals surface area (Å²) in [5, 5.41) is 0. The standard InChI is InChI=1S/C10H11NO2S/c1-8(12)11-6-7-14(13)10-5-3-2-4-9(10)11/h2-5H,6-7H2,1H3. The molecule has 1 aliphatic rings. The molecule has 1 aliphatic heterocycles. The molecule has 0 spiro atoms. The Kier molecular flexibility index (Phi) is 2.37. The number of fused-ring (bicyclic) bond motifs is 1. The quantitative estimate of drug-likeness (QED) is 0.643. The highest BCUT2D eigenvalue weighted by Crippen LogP contribution is 2.27. The number of carbonyl (C=O) groups excluding carboxylic acids is 1. The number of hydrogen-bond acceptors (Lipinski definition) is 2. The number of para-hydroxylation sites is 1. The van der Waals surface area contributed by atoms with Gasteiger partial charge < -0.3 is 4.90 Å². The van der Waals surface area contributed by atoms with E-state index in [-0.39, 0.29) is 5.91 Å². The summed E-state index contributed by atoms with van der Waals surface area (Å²) in [7, 11) is -0.946. The molecule has 4 heteroatoms. The molecule has 1 aromatic carbocycles. The lowest BCUT2D eigenvalue weighted by Gasteiger charge is -2.27. The molecule has 74 valence electrons. The van der Waals surface area contributed by atoms with E-state index in [1.807, 2.05) is 24.3 Å². The number of hydrogen-bond donors (Lipinski definition) is 0. The molecule has 1 amide bonds. The van der Waals surface area contributed by atoms with Gasteiger partial charge in [0.1, 0.15) is 0 Å². The van der Waals surface area contributed by atoms with Gasteiger partial charge in [-0.2, -0.15) is 0 Å². The van der Waals surface area contributed by atoms with E-state index in [1.165, 1.54) is 6.92 Å². The number of amides is 1. The molecule has 0 saturated carbocycles. The van der Waals surface area contributed by atoms with Crippen molar-refractivity contribution in [3.05, 3.63) is 24.3 Å². The van der Waals surface area contributed by atoms with Crippen LogP contribution in [0.1, 0.15) is 6.92 Å². The van der Waals surface area contributed by atoms with Gasteiger partial charge in [-0.25, -0.2) is 0 Å². The van der Waals surface area contributed by atoms with E-state index in [1.54, 1.807) is 4.90 Å². The topological polar surface area (TPSA) is 37.4 Å². The highest BCUT2D eigenvalue weighted by molar-refractivity contribution is 7.85. The van der Waals surface area contributed by atoms with Crippen LogP contribution in [0.4, 0.5) is 5.69 Å². The van der Waals surface area contributed by atoms with Crippen LogP contribution in [-0.2, 0) is 15.6 Å². The Morgan fingerprint density at radius 2 is 2.14 bits per heavy atom. The van der Waals surface area contributed by atoms with Crippen LogP contribution in [-0.4, -0.2) is 22.4 Å². The van der Waals surface area contributed by atoms with Crippen molar-refractivity contribution >= 4 is 22.4 Å². The Balaban J connectivity index is 2.52. The fraction of sp³-hybridized carbons (Fsp3) is 0.300. The zero-order valence-electron chi connectivity index (χ0n) is 7.90. The number of anilines is 1. The van der Waals surface area contributed by atoms with Crippen LogP contribution in [0.3, 0.4) is 0 Å². The van der Waals surface area contributed by atoms with Gasteiger partial charge in [-0.1, -0.05) is 12.1 Å². The maximum atomic E-state index is 11.6. The summed E-state index contributed by atoms with van der Waals surface area (Å²) < 4.78 is 11.6. The molecule has 1 atom stereocenters. The van der Waals surface area contributed by atoms with Gasteiger partial charge in [0.05, 0.1) is 21.4 Å². The second-order valence-corrected chi connectivity index (χ2v) is 4.73. The summed E-state index contributed by atoms with van der Waals surface area (Å²) in [5.41, 5.74) is 0.796. The van der Waals surface area contributed by atoms with Crippen molar-refractivity contribution < 1.29 is 9.00 Å². The van der Waals surface area contributed by atoms with Crippen molar-refractivity contribution in [3.8, 4) is 0 Å². The molecule has 1 heterocycles. The predicted octanol–water partition coefficient (Wildman–Crippen LogP) is 1.16. The first kappa shape index (κ1) is 9.40. The number of carbonyl (C=O) groups is 1. The first-order valence-corrected chi connectivity index (χ1v) is 5.77. The van der Waals surface area contributed by atoms with E-state index in [2.05, 4.69) is 0 Å². The van der Waals surface area contributed by atoms with E-state index < -0.39 is 10.8 Å². The molecule has 1 unspecified atom stereocenters. The largest absolute Gasteiger partial charge is 0.311 e. The molecule has 0 aromatic heterocycles. The van der Waals surface area contributed by atoms with Crippen LogP contribution in [0.5, 0.6) is 0 Å². The third-order valence-electron chi connectivity index (χ3n) is 2.28. The number of nitrogens with zero attached hydrogens (tertiary/aromatic N) is 1. The van der Waals surface area contributed by atoms with E-state index in [0.717, 1.165) is 10.6 Å². The van der Waals surface area contributed by atoms with Gasteiger partial charge in [0, 0.05) is 19.2 Å². The zero-order chi connectivity index (χ0) is 10.1. The normalized spacial score (nSPS) is 20.4. The smallest absolute Gasteiger partial charge is 0.223 e. The van der Waals surface area contributed by atoms with Crippen LogP contribution in [0.2, 0.25) is 0 Å². The Morgan fingerprint density at radius 3 is 2.86 bits per heavy atom. The van der Waals surface area contributed by atoms with Crippen molar-refractivity contribution in [2.45, 2.75) is 11.8 Å². The molecule has 0 radical (unpaired) electrons. The van der Waals surface area contributed by atoms with Gasteiger partial charge in [-0.15, -0.1) is 0 Å². The third kappa shape index (κ3) is 1.46. The highest BCUT2D eigenvalue weighted by atomic mass is 32.2. The molecular weight excluding hydrogens is 198 g/mol. The lowest BCUT2D eigenvalue weighted by atomic mass is 10.3. The molecule has 0 saturated heterocycles. The van der Waals surface area contributed by atoms with Crippen LogP contribution in [0.25, 0.3) is 0 Å². The first-order valence-electron chi connectivity index (χ1n) is 4.45. The van der Waals surface area contributed by atoms with Crippen LogP contribution in [0, 0.1) is 0 Å². The summed E-state index contributed by atoms with van der Waals surface area (Å²) in [6, 6.07) is 7.37. The van der Waals surface area contributed by atoms with Crippen LogP contribution >= 0.6 is 0 Å². The predicted molar refractivity (Wildman–Crippen MR) is 55.7 cm³/mol. The third-order valence-corrected chi connectivity index (χ3v) is 3.67. The van der Waals surface area contributed by atoms with E-state index in [0.29, 0.717) is 12.3 Å². The molecule has 0 N–H and O–H groups in total. The van der Waals surface area contributed by atoms with Crippen molar-refractivity contribution in [1.82, 2.24) is 0 Å². The monoisotopic (exact) mass is 209 g/mol. The maximum Gasteiger partial charge on any atom is 0.223 e. The number of benzene rings is 1. The molecule has 0 aliphatic carbocycles. The molecule has 3 nitrogen and oxygen atoms in total. The first-order chi connectivity index (χ1) is 6.70. The van der Waals surface area contributed by atoms with Gasteiger partial charge in [0.25, 0.3) is 0 Å². The Labute approximate surface area is 85.2 Å². The minimum absolute atomic E-state index is 0.00847. The molecule has 2 rings (SSSR count).